The first-order chi connectivity index (χ1) is 4.97. The number of benzene rings is 1. The van der Waals surface area contributed by atoms with Gasteiger partial charge in [-0.05, 0) is 6.07 Å². The lowest BCUT2D eigenvalue weighted by molar-refractivity contribution is 0.824. The Bertz CT molecular complexity index is 283. The number of hydrogen-bond acceptors (Lipinski definition) is 2. The van der Waals surface area contributed by atoms with Gasteiger partial charge >= 0.3 is 0 Å². The van der Waals surface area contributed by atoms with Gasteiger partial charge in [0.05, 0.1) is 5.52 Å². The molecule has 3 heteroatoms. The zero-order valence-corrected chi connectivity index (χ0v) is 5.86. The summed E-state index contributed by atoms with van der Waals surface area (Å²) < 4.78 is 0. The number of rotatable bonds is 0. The summed E-state index contributed by atoms with van der Waals surface area (Å²) in [5.74, 6) is 0. The van der Waals surface area contributed by atoms with Crippen molar-refractivity contribution in [2.45, 2.75) is 0 Å². The smallest absolute Gasteiger partial charge is 0.116 e. The van der Waals surface area contributed by atoms with E-state index in [9.17, 15) is 0 Å². The molecule has 0 aliphatic carbocycles. The standard InChI is InChI=1S/C8H6N2.H2O/c1-2-4-8-7(3-1)5-9-6-10-8;/h1-6H;1H2. The number of nitrogens with zero attached hydrogens (tertiary/aromatic N) is 2. The summed E-state index contributed by atoms with van der Waals surface area (Å²) in [5, 5.41) is 1.09. The molecule has 0 amide bonds. The first-order valence-corrected chi connectivity index (χ1v) is 3.11. The van der Waals surface area contributed by atoms with Gasteiger partial charge < -0.3 is 5.48 Å². The van der Waals surface area contributed by atoms with Crippen LogP contribution in [0.3, 0.4) is 0 Å². The third kappa shape index (κ3) is 1.33. The van der Waals surface area contributed by atoms with Crippen molar-refractivity contribution in [3.63, 3.8) is 0 Å². The third-order valence-corrected chi connectivity index (χ3v) is 1.41. The van der Waals surface area contributed by atoms with Crippen LogP contribution < -0.4 is 0 Å². The molecule has 0 aliphatic rings. The second kappa shape index (κ2) is 3.07. The average Bonchev–Trinajstić information content (AvgIpc) is 2.05. The van der Waals surface area contributed by atoms with Gasteiger partial charge in [-0.3, -0.25) is 0 Å². The lowest BCUT2D eigenvalue weighted by Gasteiger charge is -1.90. The first-order valence-electron chi connectivity index (χ1n) is 3.11. The van der Waals surface area contributed by atoms with E-state index in [0.717, 1.165) is 10.9 Å². The van der Waals surface area contributed by atoms with Gasteiger partial charge in [0, 0.05) is 11.6 Å². The molecule has 0 fully saturated rings. The van der Waals surface area contributed by atoms with Crippen LogP contribution in [0.15, 0.2) is 36.8 Å². The predicted octanol–water partition coefficient (Wildman–Crippen LogP) is 0.805. The molecular formula is C8H8N2O. The molecule has 2 rings (SSSR count). The maximum absolute atomic E-state index is 4.07. The summed E-state index contributed by atoms with van der Waals surface area (Å²) in [6.45, 7) is 0. The Labute approximate surface area is 64.0 Å². The zero-order valence-electron chi connectivity index (χ0n) is 5.86. The minimum atomic E-state index is 0. The summed E-state index contributed by atoms with van der Waals surface area (Å²) in [5.41, 5.74) is 0.998. The number of para-hydroxylation sites is 1. The minimum absolute atomic E-state index is 0. The summed E-state index contributed by atoms with van der Waals surface area (Å²) in [6, 6.07) is 7.91. The molecular weight excluding hydrogens is 140 g/mol. The van der Waals surface area contributed by atoms with Crippen molar-refractivity contribution < 1.29 is 5.48 Å². The van der Waals surface area contributed by atoms with Crippen LogP contribution in [0.4, 0.5) is 0 Å². The highest BCUT2D eigenvalue weighted by molar-refractivity contribution is 5.76. The fourth-order valence-corrected chi connectivity index (χ4v) is 0.923. The number of fused-ring (bicyclic) bond motifs is 1. The van der Waals surface area contributed by atoms with Gasteiger partial charge in [0.1, 0.15) is 6.33 Å². The first kappa shape index (κ1) is 7.63. The van der Waals surface area contributed by atoms with Crippen LogP contribution >= 0.6 is 0 Å². The van der Waals surface area contributed by atoms with Gasteiger partial charge in [-0.15, -0.1) is 0 Å². The lowest BCUT2D eigenvalue weighted by Crippen LogP contribution is -1.77. The van der Waals surface area contributed by atoms with E-state index in [1.165, 1.54) is 0 Å². The Morgan fingerprint density at radius 2 is 1.91 bits per heavy atom. The topological polar surface area (TPSA) is 57.3 Å². The SMILES string of the molecule is O.c1ccc2ncncc2c1. The molecule has 1 heterocycles. The minimum Gasteiger partial charge on any atom is -0.412 e. The van der Waals surface area contributed by atoms with E-state index in [4.69, 9.17) is 0 Å². The Hall–Kier alpha value is -1.48. The maximum atomic E-state index is 4.07. The molecule has 3 nitrogen and oxygen atoms in total. The largest absolute Gasteiger partial charge is 0.412 e. The molecule has 0 saturated carbocycles. The fraction of sp³-hybridized carbons (Fsp3) is 0. The Kier molecular flexibility index (Phi) is 2.13. The summed E-state index contributed by atoms with van der Waals surface area (Å²) >= 11 is 0. The van der Waals surface area contributed by atoms with E-state index in [0.29, 0.717) is 0 Å². The van der Waals surface area contributed by atoms with E-state index >= 15 is 0 Å². The normalized spacial score (nSPS) is 9.09. The van der Waals surface area contributed by atoms with Crippen LogP contribution in [0.2, 0.25) is 0 Å². The van der Waals surface area contributed by atoms with Crippen LogP contribution in [0.25, 0.3) is 10.9 Å². The van der Waals surface area contributed by atoms with Gasteiger partial charge in [-0.25, -0.2) is 9.97 Å². The van der Waals surface area contributed by atoms with Gasteiger partial charge in [0.25, 0.3) is 0 Å². The van der Waals surface area contributed by atoms with Crippen molar-refractivity contribution in [1.29, 1.82) is 0 Å². The Morgan fingerprint density at radius 1 is 1.09 bits per heavy atom. The third-order valence-electron chi connectivity index (χ3n) is 1.41. The second-order valence-corrected chi connectivity index (χ2v) is 2.08. The molecule has 0 saturated heterocycles. The van der Waals surface area contributed by atoms with Gasteiger partial charge in [-0.1, -0.05) is 18.2 Å². The summed E-state index contributed by atoms with van der Waals surface area (Å²) in [7, 11) is 0. The number of hydrogen-bond donors (Lipinski definition) is 0. The zero-order chi connectivity index (χ0) is 6.81. The molecule has 0 unspecified atom stereocenters. The molecule has 1 aromatic carbocycles. The van der Waals surface area contributed by atoms with Crippen molar-refractivity contribution in [1.82, 2.24) is 9.97 Å². The van der Waals surface area contributed by atoms with Gasteiger partial charge in [-0.2, -0.15) is 0 Å². The Morgan fingerprint density at radius 3 is 2.73 bits per heavy atom. The van der Waals surface area contributed by atoms with E-state index in [-0.39, 0.29) is 5.48 Å². The van der Waals surface area contributed by atoms with Crippen LogP contribution in [0.1, 0.15) is 0 Å². The fourth-order valence-electron chi connectivity index (χ4n) is 0.923. The van der Waals surface area contributed by atoms with E-state index in [1.807, 2.05) is 30.5 Å². The van der Waals surface area contributed by atoms with E-state index in [2.05, 4.69) is 9.97 Å². The van der Waals surface area contributed by atoms with E-state index in [1.54, 1.807) is 6.33 Å². The second-order valence-electron chi connectivity index (χ2n) is 2.08. The highest BCUT2D eigenvalue weighted by atomic mass is 16.0. The Balaban J connectivity index is 0.000000605. The van der Waals surface area contributed by atoms with Crippen LogP contribution in [0, 0.1) is 0 Å². The van der Waals surface area contributed by atoms with Crippen molar-refractivity contribution >= 4 is 10.9 Å². The quantitative estimate of drug-likeness (QED) is 0.555. The predicted molar refractivity (Wildman–Crippen MR) is 43.2 cm³/mol. The molecule has 0 radical (unpaired) electrons. The molecule has 56 valence electrons. The molecule has 11 heavy (non-hydrogen) atoms. The summed E-state index contributed by atoms with van der Waals surface area (Å²) in [4.78, 5) is 7.97. The van der Waals surface area contributed by atoms with Crippen molar-refractivity contribution in [3.05, 3.63) is 36.8 Å². The van der Waals surface area contributed by atoms with Crippen LogP contribution in [0.5, 0.6) is 0 Å². The highest BCUT2D eigenvalue weighted by Gasteiger charge is 1.87. The monoisotopic (exact) mass is 148 g/mol. The van der Waals surface area contributed by atoms with Gasteiger partial charge in [0.2, 0.25) is 0 Å². The molecule has 0 atom stereocenters. The van der Waals surface area contributed by atoms with Crippen molar-refractivity contribution in [3.8, 4) is 0 Å². The van der Waals surface area contributed by atoms with Gasteiger partial charge in [0.15, 0.2) is 0 Å². The molecule has 0 aliphatic heterocycles. The average molecular weight is 148 g/mol. The van der Waals surface area contributed by atoms with Crippen LogP contribution in [-0.4, -0.2) is 15.4 Å². The number of aromatic nitrogens is 2. The molecule has 0 bridgehead atoms. The summed E-state index contributed by atoms with van der Waals surface area (Å²) in [6.07, 6.45) is 3.37. The highest BCUT2D eigenvalue weighted by Crippen LogP contribution is 2.06. The van der Waals surface area contributed by atoms with Crippen LogP contribution in [-0.2, 0) is 0 Å². The molecule has 2 N–H and O–H groups in total. The molecule has 0 spiro atoms. The van der Waals surface area contributed by atoms with Crippen molar-refractivity contribution in [2.75, 3.05) is 0 Å². The maximum Gasteiger partial charge on any atom is 0.116 e. The molecule has 1 aromatic heterocycles. The molecule has 2 aromatic rings. The van der Waals surface area contributed by atoms with Crippen molar-refractivity contribution in [2.24, 2.45) is 0 Å². The van der Waals surface area contributed by atoms with E-state index < -0.39 is 0 Å². The lowest BCUT2D eigenvalue weighted by atomic mass is 10.2.